The van der Waals surface area contributed by atoms with Gasteiger partial charge in [-0.15, -0.1) is 0 Å². The largest absolute Gasteiger partial charge is 0.353 e. The van der Waals surface area contributed by atoms with E-state index in [9.17, 15) is 4.79 Å². The van der Waals surface area contributed by atoms with Crippen LogP contribution in [0.1, 0.15) is 70.3 Å². The van der Waals surface area contributed by atoms with Crippen LogP contribution in [0.15, 0.2) is 24.3 Å². The zero-order valence-electron chi connectivity index (χ0n) is 17.5. The number of piperidine rings is 1. The van der Waals surface area contributed by atoms with E-state index < -0.39 is 0 Å². The number of hydrogen-bond donors (Lipinski definition) is 1. The molecule has 0 aromatic heterocycles. The Bertz CT molecular complexity index is 601. The third-order valence-corrected chi connectivity index (χ3v) is 6.85. The molecule has 3 unspecified atom stereocenters. The van der Waals surface area contributed by atoms with Crippen LogP contribution in [0, 0.1) is 11.8 Å². The fourth-order valence-corrected chi connectivity index (χ4v) is 5.22. The van der Waals surface area contributed by atoms with Gasteiger partial charge in [0.15, 0.2) is 0 Å². The molecule has 3 rings (SSSR count). The zero-order valence-corrected chi connectivity index (χ0v) is 18.2. The van der Waals surface area contributed by atoms with Gasteiger partial charge in [-0.05, 0) is 74.6 Å². The Morgan fingerprint density at radius 1 is 1.14 bits per heavy atom. The first kappa shape index (κ1) is 21.6. The summed E-state index contributed by atoms with van der Waals surface area (Å²) < 4.78 is 0. The van der Waals surface area contributed by atoms with Gasteiger partial charge < -0.3 is 10.2 Å². The Morgan fingerprint density at radius 3 is 2.71 bits per heavy atom. The van der Waals surface area contributed by atoms with E-state index in [4.69, 9.17) is 11.6 Å². The molecule has 3 nitrogen and oxygen atoms in total. The molecule has 1 saturated carbocycles. The maximum atomic E-state index is 12.6. The van der Waals surface area contributed by atoms with Crippen LogP contribution in [0.5, 0.6) is 0 Å². The summed E-state index contributed by atoms with van der Waals surface area (Å²) in [5.41, 5.74) is 1.18. The summed E-state index contributed by atoms with van der Waals surface area (Å²) in [5, 5.41) is 4.13. The van der Waals surface area contributed by atoms with E-state index in [0.717, 1.165) is 23.8 Å². The minimum absolute atomic E-state index is 0.203. The van der Waals surface area contributed by atoms with Gasteiger partial charge in [-0.2, -0.15) is 0 Å². The number of benzene rings is 1. The lowest BCUT2D eigenvalue weighted by atomic mass is 9.83. The lowest BCUT2D eigenvalue weighted by Gasteiger charge is -2.39. The molecule has 4 heteroatoms. The number of halogens is 1. The van der Waals surface area contributed by atoms with Crippen LogP contribution in [0.3, 0.4) is 0 Å². The first-order valence-electron chi connectivity index (χ1n) is 11.4. The van der Waals surface area contributed by atoms with Gasteiger partial charge in [0.2, 0.25) is 5.91 Å². The molecule has 3 atom stereocenters. The van der Waals surface area contributed by atoms with Gasteiger partial charge in [0.25, 0.3) is 0 Å². The number of rotatable bonds is 8. The first-order chi connectivity index (χ1) is 13.6. The topological polar surface area (TPSA) is 32.3 Å². The summed E-state index contributed by atoms with van der Waals surface area (Å²) in [6.07, 6.45) is 11.7. The lowest BCUT2D eigenvalue weighted by molar-refractivity contribution is -0.122. The molecule has 0 spiro atoms. The highest BCUT2D eigenvalue weighted by molar-refractivity contribution is 6.30. The smallest absolute Gasteiger partial charge is 0.220 e. The minimum Gasteiger partial charge on any atom is -0.353 e. The molecule has 28 heavy (non-hydrogen) atoms. The fraction of sp³-hybridized carbons (Fsp3) is 0.708. The molecular formula is C24H37ClN2O. The van der Waals surface area contributed by atoms with Crippen molar-refractivity contribution < 1.29 is 4.79 Å². The summed E-state index contributed by atoms with van der Waals surface area (Å²) >= 11 is 5.94. The van der Waals surface area contributed by atoms with Crippen molar-refractivity contribution >= 4 is 17.5 Å². The maximum absolute atomic E-state index is 12.6. The number of likely N-dealkylation sites (tertiary alicyclic amines) is 1. The molecule has 156 valence electrons. The molecule has 1 heterocycles. The molecule has 1 amide bonds. The van der Waals surface area contributed by atoms with Crippen molar-refractivity contribution in [3.05, 3.63) is 34.9 Å². The van der Waals surface area contributed by atoms with Crippen LogP contribution in [-0.2, 0) is 11.2 Å². The van der Waals surface area contributed by atoms with Gasteiger partial charge in [-0.25, -0.2) is 0 Å². The highest BCUT2D eigenvalue weighted by atomic mass is 35.5. The van der Waals surface area contributed by atoms with Gasteiger partial charge in [0.05, 0.1) is 0 Å². The third-order valence-electron chi connectivity index (χ3n) is 6.60. The van der Waals surface area contributed by atoms with Gasteiger partial charge in [-0.1, -0.05) is 49.9 Å². The molecule has 2 aliphatic rings. The molecule has 1 aromatic carbocycles. The summed E-state index contributed by atoms with van der Waals surface area (Å²) in [6.45, 7) is 5.98. The van der Waals surface area contributed by atoms with Crippen LogP contribution in [0.25, 0.3) is 0 Å². The van der Waals surface area contributed by atoms with Crippen molar-refractivity contribution in [3.8, 4) is 0 Å². The molecule has 2 fully saturated rings. The number of carbonyl (C=O) groups excluding carboxylic acids is 1. The SMILES string of the molecule is CCCC1CCCN(CC2CCCCC2NC(=O)CCc2ccc(Cl)cc2)C1. The molecular weight excluding hydrogens is 368 g/mol. The van der Waals surface area contributed by atoms with Crippen molar-refractivity contribution in [2.24, 2.45) is 11.8 Å². The monoisotopic (exact) mass is 404 g/mol. The zero-order chi connectivity index (χ0) is 19.8. The van der Waals surface area contributed by atoms with Crippen LogP contribution >= 0.6 is 11.6 Å². The van der Waals surface area contributed by atoms with Crippen molar-refractivity contribution in [2.75, 3.05) is 19.6 Å². The van der Waals surface area contributed by atoms with Gasteiger partial charge >= 0.3 is 0 Å². The number of amides is 1. The highest BCUT2D eigenvalue weighted by Crippen LogP contribution is 2.28. The van der Waals surface area contributed by atoms with Crippen molar-refractivity contribution in [3.63, 3.8) is 0 Å². The predicted octanol–water partition coefficient (Wildman–Crippen LogP) is 5.46. The summed E-state index contributed by atoms with van der Waals surface area (Å²) in [4.78, 5) is 15.3. The Balaban J connectivity index is 1.47. The van der Waals surface area contributed by atoms with E-state index >= 15 is 0 Å². The van der Waals surface area contributed by atoms with Gasteiger partial charge in [-0.3, -0.25) is 4.79 Å². The van der Waals surface area contributed by atoms with E-state index in [-0.39, 0.29) is 5.91 Å². The van der Waals surface area contributed by atoms with Crippen molar-refractivity contribution in [1.29, 1.82) is 0 Å². The minimum atomic E-state index is 0.203. The number of carbonyl (C=O) groups is 1. The summed E-state index contributed by atoms with van der Waals surface area (Å²) in [6, 6.07) is 8.19. The molecule has 0 bridgehead atoms. The molecule has 1 aliphatic heterocycles. The van der Waals surface area contributed by atoms with E-state index in [1.165, 1.54) is 70.1 Å². The van der Waals surface area contributed by atoms with Gasteiger partial charge in [0.1, 0.15) is 0 Å². The third kappa shape index (κ3) is 6.77. The van der Waals surface area contributed by atoms with E-state index in [2.05, 4.69) is 17.1 Å². The van der Waals surface area contributed by atoms with E-state index in [1.807, 2.05) is 24.3 Å². The Morgan fingerprint density at radius 2 is 1.93 bits per heavy atom. The quantitative estimate of drug-likeness (QED) is 0.623. The average molecular weight is 405 g/mol. The normalized spacial score (nSPS) is 26.1. The van der Waals surface area contributed by atoms with Crippen molar-refractivity contribution in [1.82, 2.24) is 10.2 Å². The standard InChI is InChI=1S/C24H37ClN2O/c1-2-6-20-7-5-16-27(17-20)18-21-8-3-4-9-23(21)26-24(28)15-12-19-10-13-22(25)14-11-19/h10-11,13-14,20-21,23H,2-9,12,15-18H2,1H3,(H,26,28). The molecule has 1 saturated heterocycles. The Labute approximate surface area is 176 Å². The molecule has 1 aromatic rings. The number of nitrogens with one attached hydrogen (secondary N) is 1. The van der Waals surface area contributed by atoms with Crippen LogP contribution in [0.2, 0.25) is 5.02 Å². The average Bonchev–Trinajstić information content (AvgIpc) is 2.70. The maximum Gasteiger partial charge on any atom is 0.220 e. The molecule has 1 aliphatic carbocycles. The second-order valence-corrected chi connectivity index (χ2v) is 9.34. The fourth-order valence-electron chi connectivity index (χ4n) is 5.10. The Kier molecular flexibility index (Phi) is 8.66. The van der Waals surface area contributed by atoms with Crippen LogP contribution in [-0.4, -0.2) is 36.5 Å². The Hall–Kier alpha value is -1.06. The second-order valence-electron chi connectivity index (χ2n) is 8.90. The predicted molar refractivity (Wildman–Crippen MR) is 118 cm³/mol. The van der Waals surface area contributed by atoms with Crippen LogP contribution < -0.4 is 5.32 Å². The number of nitrogens with zero attached hydrogens (tertiary/aromatic N) is 1. The van der Waals surface area contributed by atoms with Crippen LogP contribution in [0.4, 0.5) is 0 Å². The second kappa shape index (κ2) is 11.2. The summed E-state index contributed by atoms with van der Waals surface area (Å²) in [5.74, 6) is 1.71. The van der Waals surface area contributed by atoms with Gasteiger partial charge in [0, 0.05) is 30.6 Å². The number of hydrogen-bond acceptors (Lipinski definition) is 2. The van der Waals surface area contributed by atoms with E-state index in [0.29, 0.717) is 18.4 Å². The van der Waals surface area contributed by atoms with E-state index in [1.54, 1.807) is 0 Å². The van der Waals surface area contributed by atoms with Crippen molar-refractivity contribution in [2.45, 2.75) is 77.2 Å². The summed E-state index contributed by atoms with van der Waals surface area (Å²) in [7, 11) is 0. The number of aryl methyl sites for hydroxylation is 1. The highest BCUT2D eigenvalue weighted by Gasteiger charge is 2.29. The lowest BCUT2D eigenvalue weighted by Crippen LogP contribution is -2.48. The molecule has 1 N–H and O–H groups in total. The molecule has 0 radical (unpaired) electrons. The first-order valence-corrected chi connectivity index (χ1v) is 11.8.